The van der Waals surface area contributed by atoms with Crippen LogP contribution in [0.5, 0.6) is 0 Å². The van der Waals surface area contributed by atoms with Gasteiger partial charge in [-0.3, -0.25) is 0 Å². The molecule has 3 heterocycles. The molecule has 21 heavy (non-hydrogen) atoms. The second kappa shape index (κ2) is 6.32. The quantitative estimate of drug-likeness (QED) is 0.923. The normalized spacial score (nSPS) is 18.9. The minimum absolute atomic E-state index is 0.407. The zero-order valence-electron chi connectivity index (χ0n) is 12.5. The van der Waals surface area contributed by atoms with E-state index in [1.807, 2.05) is 24.0 Å². The largest absolute Gasteiger partial charge is 0.377 e. The highest BCUT2D eigenvalue weighted by atomic mass is 16.5. The number of methoxy groups -OCH3 is 1. The van der Waals surface area contributed by atoms with Gasteiger partial charge in [0.2, 0.25) is 0 Å². The third-order valence-electron chi connectivity index (χ3n) is 3.89. The monoisotopic (exact) mass is 287 g/mol. The van der Waals surface area contributed by atoms with Crippen LogP contribution in [0.4, 0.5) is 0 Å². The lowest BCUT2D eigenvalue weighted by Crippen LogP contribution is -2.29. The molecule has 1 aliphatic heterocycles. The van der Waals surface area contributed by atoms with Crippen LogP contribution in [-0.4, -0.2) is 39.7 Å². The standard InChI is InChI=1S/C15H21N5O/c1-20-7-6-17-15(20)12-9-18-13(10-21-2)19-14(12)11-4-3-5-16-8-11/h6-7,9,11,16H,3-5,8,10H2,1-2H3. The van der Waals surface area contributed by atoms with Crippen molar-refractivity contribution in [2.45, 2.75) is 25.4 Å². The summed E-state index contributed by atoms with van der Waals surface area (Å²) < 4.78 is 7.17. The molecule has 112 valence electrons. The Balaban J connectivity index is 2.03. The number of aromatic nitrogens is 4. The molecule has 0 saturated carbocycles. The SMILES string of the molecule is COCc1ncc(-c2nccn2C)c(C2CCCNC2)n1. The van der Waals surface area contributed by atoms with E-state index in [1.54, 1.807) is 13.3 Å². The van der Waals surface area contributed by atoms with Crippen molar-refractivity contribution in [3.63, 3.8) is 0 Å². The predicted molar refractivity (Wildman–Crippen MR) is 79.8 cm³/mol. The smallest absolute Gasteiger partial charge is 0.154 e. The van der Waals surface area contributed by atoms with Gasteiger partial charge in [0.25, 0.3) is 0 Å². The zero-order valence-corrected chi connectivity index (χ0v) is 12.5. The number of piperidine rings is 1. The maximum absolute atomic E-state index is 5.16. The second-order valence-corrected chi connectivity index (χ2v) is 5.42. The van der Waals surface area contributed by atoms with Gasteiger partial charge in [-0.2, -0.15) is 0 Å². The molecule has 1 unspecified atom stereocenters. The molecule has 6 nitrogen and oxygen atoms in total. The van der Waals surface area contributed by atoms with E-state index in [0.29, 0.717) is 12.5 Å². The van der Waals surface area contributed by atoms with E-state index >= 15 is 0 Å². The van der Waals surface area contributed by atoms with Crippen LogP contribution in [0.1, 0.15) is 30.3 Å². The fourth-order valence-electron chi connectivity index (χ4n) is 2.83. The van der Waals surface area contributed by atoms with Crippen molar-refractivity contribution in [1.29, 1.82) is 0 Å². The van der Waals surface area contributed by atoms with Crippen LogP contribution in [0.3, 0.4) is 0 Å². The van der Waals surface area contributed by atoms with E-state index in [0.717, 1.165) is 42.4 Å². The molecule has 1 fully saturated rings. The fourth-order valence-corrected chi connectivity index (χ4v) is 2.83. The maximum Gasteiger partial charge on any atom is 0.154 e. The molecule has 0 spiro atoms. The van der Waals surface area contributed by atoms with E-state index in [-0.39, 0.29) is 0 Å². The predicted octanol–water partition coefficient (Wildman–Crippen LogP) is 1.49. The first-order valence-electron chi connectivity index (χ1n) is 7.32. The van der Waals surface area contributed by atoms with Gasteiger partial charge in [0.05, 0.1) is 11.3 Å². The molecule has 2 aromatic heterocycles. The van der Waals surface area contributed by atoms with Crippen molar-refractivity contribution in [1.82, 2.24) is 24.8 Å². The minimum Gasteiger partial charge on any atom is -0.377 e. The Labute approximate surface area is 124 Å². The molecular formula is C15H21N5O. The number of aryl methyl sites for hydroxylation is 1. The average Bonchev–Trinajstić information content (AvgIpc) is 2.94. The first-order chi connectivity index (χ1) is 10.3. The molecule has 1 N–H and O–H groups in total. The number of imidazole rings is 1. The molecule has 0 aliphatic carbocycles. The van der Waals surface area contributed by atoms with E-state index in [2.05, 4.69) is 15.3 Å². The lowest BCUT2D eigenvalue weighted by molar-refractivity contribution is 0.177. The molecule has 1 atom stereocenters. The molecule has 0 amide bonds. The summed E-state index contributed by atoms with van der Waals surface area (Å²) in [5, 5.41) is 3.45. The fraction of sp³-hybridized carbons (Fsp3) is 0.533. The highest BCUT2D eigenvalue weighted by molar-refractivity contribution is 5.58. The van der Waals surface area contributed by atoms with Crippen LogP contribution in [0, 0.1) is 0 Å². The van der Waals surface area contributed by atoms with Crippen LogP contribution >= 0.6 is 0 Å². The van der Waals surface area contributed by atoms with Crippen molar-refractivity contribution in [3.05, 3.63) is 30.1 Å². The van der Waals surface area contributed by atoms with Crippen LogP contribution in [0.25, 0.3) is 11.4 Å². The van der Waals surface area contributed by atoms with Gasteiger partial charge in [-0.1, -0.05) is 0 Å². The van der Waals surface area contributed by atoms with Crippen LogP contribution in [-0.2, 0) is 18.4 Å². The van der Waals surface area contributed by atoms with Crippen molar-refractivity contribution in [2.75, 3.05) is 20.2 Å². The first kappa shape index (κ1) is 14.2. The summed E-state index contributed by atoms with van der Waals surface area (Å²) in [5.41, 5.74) is 2.11. The number of hydrogen-bond donors (Lipinski definition) is 1. The maximum atomic E-state index is 5.16. The van der Waals surface area contributed by atoms with Gasteiger partial charge in [0.1, 0.15) is 12.4 Å². The summed E-state index contributed by atoms with van der Waals surface area (Å²) in [6, 6.07) is 0. The van der Waals surface area contributed by atoms with Gasteiger partial charge in [-0.25, -0.2) is 15.0 Å². The minimum atomic E-state index is 0.407. The summed E-state index contributed by atoms with van der Waals surface area (Å²) in [4.78, 5) is 13.6. The number of rotatable bonds is 4. The number of nitrogens with zero attached hydrogens (tertiary/aromatic N) is 4. The van der Waals surface area contributed by atoms with Gasteiger partial charge >= 0.3 is 0 Å². The van der Waals surface area contributed by atoms with Gasteiger partial charge in [0, 0.05) is 45.2 Å². The molecule has 0 aromatic carbocycles. The Morgan fingerprint density at radius 1 is 1.43 bits per heavy atom. The average molecular weight is 287 g/mol. The number of ether oxygens (including phenoxy) is 1. The summed E-state index contributed by atoms with van der Waals surface area (Å²) in [5.74, 6) is 2.06. The van der Waals surface area contributed by atoms with E-state index in [9.17, 15) is 0 Å². The van der Waals surface area contributed by atoms with E-state index in [1.165, 1.54) is 6.42 Å². The Hall–Kier alpha value is -1.79. The van der Waals surface area contributed by atoms with Gasteiger partial charge < -0.3 is 14.6 Å². The van der Waals surface area contributed by atoms with Gasteiger partial charge in [0.15, 0.2) is 5.82 Å². The Morgan fingerprint density at radius 3 is 3.00 bits per heavy atom. The van der Waals surface area contributed by atoms with E-state index in [4.69, 9.17) is 9.72 Å². The highest BCUT2D eigenvalue weighted by Gasteiger charge is 2.23. The molecule has 1 aliphatic rings. The van der Waals surface area contributed by atoms with Gasteiger partial charge in [-0.15, -0.1) is 0 Å². The molecule has 0 radical (unpaired) electrons. The molecule has 3 rings (SSSR count). The molecular weight excluding hydrogens is 266 g/mol. The van der Waals surface area contributed by atoms with E-state index < -0.39 is 0 Å². The Morgan fingerprint density at radius 2 is 2.33 bits per heavy atom. The lowest BCUT2D eigenvalue weighted by atomic mass is 9.93. The van der Waals surface area contributed by atoms with Gasteiger partial charge in [-0.05, 0) is 19.4 Å². The topological polar surface area (TPSA) is 64.9 Å². The van der Waals surface area contributed by atoms with Crippen molar-refractivity contribution < 1.29 is 4.74 Å². The first-order valence-corrected chi connectivity index (χ1v) is 7.32. The second-order valence-electron chi connectivity index (χ2n) is 5.42. The molecule has 1 saturated heterocycles. The number of hydrogen-bond acceptors (Lipinski definition) is 5. The zero-order chi connectivity index (χ0) is 14.7. The molecule has 2 aromatic rings. The van der Waals surface area contributed by atoms with Crippen LogP contribution in [0.15, 0.2) is 18.6 Å². The van der Waals surface area contributed by atoms with Crippen molar-refractivity contribution >= 4 is 0 Å². The van der Waals surface area contributed by atoms with Crippen molar-refractivity contribution in [2.24, 2.45) is 7.05 Å². The summed E-state index contributed by atoms with van der Waals surface area (Å²) in [7, 11) is 3.66. The molecule has 6 heteroatoms. The highest BCUT2D eigenvalue weighted by Crippen LogP contribution is 2.30. The third-order valence-corrected chi connectivity index (χ3v) is 3.89. The van der Waals surface area contributed by atoms with Crippen molar-refractivity contribution in [3.8, 4) is 11.4 Å². The van der Waals surface area contributed by atoms with Crippen LogP contribution in [0.2, 0.25) is 0 Å². The lowest BCUT2D eigenvalue weighted by Gasteiger charge is -2.24. The summed E-state index contributed by atoms with van der Waals surface area (Å²) in [6.45, 7) is 2.49. The third kappa shape index (κ3) is 2.96. The number of nitrogens with one attached hydrogen (secondary N) is 1. The Kier molecular flexibility index (Phi) is 4.26. The summed E-state index contributed by atoms with van der Waals surface area (Å²) in [6.07, 6.45) is 7.96. The van der Waals surface area contributed by atoms with Crippen LogP contribution < -0.4 is 5.32 Å². The Bertz CT molecular complexity index is 604. The summed E-state index contributed by atoms with van der Waals surface area (Å²) >= 11 is 0. The molecule has 0 bridgehead atoms.